The van der Waals surface area contributed by atoms with Crippen LogP contribution in [0.3, 0.4) is 0 Å². The Kier molecular flexibility index (Phi) is 16.1. The van der Waals surface area contributed by atoms with E-state index in [1.807, 2.05) is 11.3 Å². The summed E-state index contributed by atoms with van der Waals surface area (Å²) in [6.45, 7) is 27.5. The fourth-order valence-corrected chi connectivity index (χ4v) is 17.7. The van der Waals surface area contributed by atoms with Crippen molar-refractivity contribution in [2.24, 2.45) is 0 Å². The highest BCUT2D eigenvalue weighted by molar-refractivity contribution is 7.26. The highest BCUT2D eigenvalue weighted by Gasteiger charge is 2.46. The lowest BCUT2D eigenvalue weighted by Crippen LogP contribution is -2.61. The molecule has 0 saturated heterocycles. The number of hydrogen-bond acceptors (Lipinski definition) is 6. The molecule has 0 amide bonds. The Morgan fingerprint density at radius 3 is 1.16 bits per heavy atom. The van der Waals surface area contributed by atoms with Crippen LogP contribution in [0.5, 0.6) is 0 Å². The Balaban J connectivity index is 0.990. The fraction of sp³-hybridized carbons (Fsp3) is 0.160. The van der Waals surface area contributed by atoms with Crippen molar-refractivity contribution in [1.82, 2.24) is 0 Å². The lowest BCUT2D eigenvalue weighted by Gasteiger charge is -2.46. The minimum absolute atomic E-state index is 0.0371. The van der Waals surface area contributed by atoms with Gasteiger partial charge in [0.25, 0.3) is 6.71 Å². The van der Waals surface area contributed by atoms with Gasteiger partial charge in [0.15, 0.2) is 0 Å². The summed E-state index contributed by atoms with van der Waals surface area (Å²) < 4.78 is 9.46. The smallest absolute Gasteiger partial charge is 0.252 e. The number of benzene rings is 14. The second-order valence-electron chi connectivity index (χ2n) is 33.4. The summed E-state index contributed by atoms with van der Waals surface area (Å²) in [5.41, 5.74) is 29.9. The summed E-state index contributed by atoms with van der Waals surface area (Å²) in [5, 5.41) is 4.73. The van der Waals surface area contributed by atoms with Gasteiger partial charge in [0.2, 0.25) is 0 Å². The Morgan fingerprint density at radius 2 is 0.692 bits per heavy atom. The molecule has 2 aliphatic heterocycles. The summed E-state index contributed by atoms with van der Waals surface area (Å²) >= 11 is 1.85. The van der Waals surface area contributed by atoms with E-state index in [1.54, 1.807) is 0 Å². The van der Waals surface area contributed by atoms with Crippen LogP contribution >= 0.6 is 11.3 Å². The van der Waals surface area contributed by atoms with Crippen LogP contribution in [0, 0.1) is 0 Å². The molecule has 0 atom stereocenters. The first-order chi connectivity index (χ1) is 51.6. The van der Waals surface area contributed by atoms with Crippen LogP contribution in [0.25, 0.3) is 75.5 Å². The van der Waals surface area contributed by atoms with Crippen molar-refractivity contribution in [3.05, 3.63) is 332 Å². The SMILES string of the molecule is CC(C)(C)c1ccc(N(c2ccc(C(C)(C)C)cc2)c2ccc3c(c2)N(c2ccc(C(C)(C)C)cc2-c2ccccc2)c2cc(-c4ccc5oc6ccc7sc8ccccc8c7c6c5c4)cc4c2B3c2ccc(N(c3ccccc3)c3ccccc3)cc2N4c2ccc(C(C)(C)C)cc2-c2ccccc2)cc1. The molecule has 2 aromatic heterocycles. The highest BCUT2D eigenvalue weighted by atomic mass is 32.1. The highest BCUT2D eigenvalue weighted by Crippen LogP contribution is 2.54. The first kappa shape index (κ1) is 67.3. The summed E-state index contributed by atoms with van der Waals surface area (Å²) in [4.78, 5) is 10.2. The van der Waals surface area contributed by atoms with E-state index in [0.29, 0.717) is 0 Å². The van der Waals surface area contributed by atoms with Gasteiger partial charge in [-0.2, -0.15) is 0 Å². The van der Waals surface area contributed by atoms with Gasteiger partial charge in [0.1, 0.15) is 11.2 Å². The van der Waals surface area contributed by atoms with Crippen LogP contribution in [0.1, 0.15) is 105 Å². The third kappa shape index (κ3) is 11.8. The number of rotatable bonds is 11. The van der Waals surface area contributed by atoms with E-state index >= 15 is 0 Å². The number of furan rings is 1. The van der Waals surface area contributed by atoms with Gasteiger partial charge in [-0.1, -0.05) is 253 Å². The van der Waals surface area contributed by atoms with E-state index in [9.17, 15) is 0 Å². The predicted octanol–water partition coefficient (Wildman–Crippen LogP) is 27.2. The van der Waals surface area contributed by atoms with Gasteiger partial charge in [-0.15, -0.1) is 11.3 Å². The normalized spacial score (nSPS) is 13.0. The monoisotopic (exact) mass is 1400 g/mol. The van der Waals surface area contributed by atoms with Crippen molar-refractivity contribution < 1.29 is 4.42 Å². The minimum Gasteiger partial charge on any atom is -0.456 e. The molecule has 2 aliphatic rings. The standard InChI is InChI=1S/C100H87BN4OS/c1-97(2,3)68-38-44-74(45-39-68)103(75-46-40-69(41-47-75)98(4,5)6)77-49-51-83-87(63-77)105(85-53-43-71(100(10,11)12)61-80(85)65-29-19-14-20-30-65)89-59-67(66-37-54-90-81(57-66)94-91(106-90)55-56-93-95(94)78-35-25-26-36-92(78)107-93)58-88-96(89)101(83)82-50-48-76(102(72-31-21-15-22-32-72)73-33-23-16-24-34-73)62-86(82)104(88)84-52-42-70(99(7,8)9)60-79(84)64-27-17-13-18-28-64/h13-63H,1-12H3. The number of fused-ring (bicyclic) bond motifs is 11. The number of thiophene rings is 1. The predicted molar refractivity (Wildman–Crippen MR) is 461 cm³/mol. The van der Waals surface area contributed by atoms with Gasteiger partial charge in [0, 0.05) is 98.9 Å². The van der Waals surface area contributed by atoms with Crippen molar-refractivity contribution in [2.45, 2.75) is 105 Å². The number of nitrogens with zero attached hydrogens (tertiary/aromatic N) is 4. The maximum Gasteiger partial charge on any atom is 0.252 e. The quantitative estimate of drug-likeness (QED) is 0.120. The van der Waals surface area contributed by atoms with Gasteiger partial charge in [-0.3, -0.25) is 0 Å². The molecule has 0 aliphatic carbocycles. The van der Waals surface area contributed by atoms with Gasteiger partial charge in [0.05, 0.1) is 11.4 Å². The molecule has 0 bridgehead atoms. The first-order valence-corrected chi connectivity index (χ1v) is 38.6. The molecule has 4 heterocycles. The molecule has 16 aromatic rings. The van der Waals surface area contributed by atoms with Crippen molar-refractivity contribution in [1.29, 1.82) is 0 Å². The molecular formula is C100H87BN4OS. The zero-order valence-corrected chi connectivity index (χ0v) is 63.9. The molecule has 522 valence electrons. The largest absolute Gasteiger partial charge is 0.456 e. The van der Waals surface area contributed by atoms with Crippen LogP contribution in [-0.2, 0) is 21.7 Å². The van der Waals surface area contributed by atoms with Gasteiger partial charge in [-0.25, -0.2) is 0 Å². The molecule has 18 rings (SSSR count). The maximum absolute atomic E-state index is 6.94. The minimum atomic E-state index is -0.259. The molecule has 0 spiro atoms. The Morgan fingerprint density at radius 1 is 0.280 bits per heavy atom. The molecule has 14 aromatic carbocycles. The summed E-state index contributed by atoms with van der Waals surface area (Å²) in [5.74, 6) is 0. The third-order valence-corrected chi connectivity index (χ3v) is 23.4. The average molecular weight is 1400 g/mol. The van der Waals surface area contributed by atoms with Crippen molar-refractivity contribution >= 4 is 145 Å². The van der Waals surface area contributed by atoms with Gasteiger partial charge >= 0.3 is 0 Å². The van der Waals surface area contributed by atoms with Crippen LogP contribution in [0.2, 0.25) is 0 Å². The molecule has 7 heteroatoms. The molecule has 0 fully saturated rings. The second-order valence-corrected chi connectivity index (χ2v) is 34.5. The lowest BCUT2D eigenvalue weighted by molar-refractivity contribution is 0.590. The Labute approximate surface area is 634 Å². The van der Waals surface area contributed by atoms with E-state index in [1.165, 1.54) is 58.8 Å². The topological polar surface area (TPSA) is 26.1 Å². The zero-order chi connectivity index (χ0) is 73.4. The first-order valence-electron chi connectivity index (χ1n) is 37.7. The molecule has 0 unspecified atom stereocenters. The summed E-state index contributed by atoms with van der Waals surface area (Å²) in [7, 11) is 0. The molecule has 107 heavy (non-hydrogen) atoms. The van der Waals surface area contributed by atoms with Crippen molar-refractivity contribution in [3.63, 3.8) is 0 Å². The molecule has 0 N–H and O–H groups in total. The Hall–Kier alpha value is -11.6. The van der Waals surface area contributed by atoms with Crippen molar-refractivity contribution in [3.8, 4) is 33.4 Å². The zero-order valence-electron chi connectivity index (χ0n) is 63.1. The van der Waals surface area contributed by atoms with E-state index in [-0.39, 0.29) is 28.4 Å². The van der Waals surface area contributed by atoms with Gasteiger partial charge < -0.3 is 24.0 Å². The maximum atomic E-state index is 6.94. The molecular weight excluding hydrogens is 1320 g/mol. The molecule has 5 nitrogen and oxygen atoms in total. The number of hydrogen-bond donors (Lipinski definition) is 0. The Bertz CT molecular complexity index is 6020. The van der Waals surface area contributed by atoms with Crippen LogP contribution in [0.15, 0.2) is 314 Å². The van der Waals surface area contributed by atoms with Crippen LogP contribution in [-0.4, -0.2) is 6.71 Å². The van der Waals surface area contributed by atoms with Crippen molar-refractivity contribution in [2.75, 3.05) is 19.6 Å². The van der Waals surface area contributed by atoms with E-state index in [4.69, 9.17) is 4.42 Å². The second kappa shape index (κ2) is 25.6. The van der Waals surface area contributed by atoms with E-state index in [0.717, 1.165) is 124 Å². The van der Waals surface area contributed by atoms with Crippen LogP contribution in [0.4, 0.5) is 68.2 Å². The van der Waals surface area contributed by atoms with E-state index in [2.05, 4.69) is 412 Å². The lowest BCUT2D eigenvalue weighted by atomic mass is 9.33. The fourth-order valence-electron chi connectivity index (χ4n) is 16.6. The molecule has 0 saturated carbocycles. The third-order valence-electron chi connectivity index (χ3n) is 22.3. The van der Waals surface area contributed by atoms with E-state index < -0.39 is 0 Å². The number of para-hydroxylation sites is 2. The average Bonchev–Trinajstić information content (AvgIpc) is 1.28. The summed E-state index contributed by atoms with van der Waals surface area (Å²) in [6.07, 6.45) is 0. The molecule has 0 radical (unpaired) electrons. The number of anilines is 12. The van der Waals surface area contributed by atoms with Gasteiger partial charge in [-0.05, 0) is 222 Å². The summed E-state index contributed by atoms with van der Waals surface area (Å²) in [6, 6.07) is 117. The van der Waals surface area contributed by atoms with Crippen LogP contribution < -0.4 is 36.0 Å².